The number of carbonyl (C=O) groups excluding carboxylic acids is 2. The van der Waals surface area contributed by atoms with Crippen LogP contribution in [0.2, 0.25) is 0 Å². The van der Waals surface area contributed by atoms with Crippen molar-refractivity contribution in [2.75, 3.05) is 13.2 Å². The quantitative estimate of drug-likeness (QED) is 0.427. The summed E-state index contributed by atoms with van der Waals surface area (Å²) in [5, 5.41) is 0. The van der Waals surface area contributed by atoms with Gasteiger partial charge in [0.15, 0.2) is 5.76 Å². The molecule has 10 nitrogen and oxygen atoms in total. The SMILES string of the molecule is CC(=O)OC[C@H]1O[C@@H](n2cc(C(F)(F)F)c(=O)n(C(=O)c3ccco3)c2=O)C[C@@H]1OCC#CC(C)C. The second-order valence-electron chi connectivity index (χ2n) is 8.15. The number of nitrogens with zero attached hydrogens (tertiary/aromatic N) is 2. The monoisotopic (exact) mass is 512 g/mol. The number of hydrogen-bond acceptors (Lipinski definition) is 8. The van der Waals surface area contributed by atoms with Crippen LogP contribution in [0.15, 0.2) is 38.6 Å². The number of carbonyl (C=O) groups is 2. The van der Waals surface area contributed by atoms with E-state index in [0.29, 0.717) is 10.8 Å². The van der Waals surface area contributed by atoms with E-state index < -0.39 is 59.1 Å². The summed E-state index contributed by atoms with van der Waals surface area (Å²) in [5.41, 5.74) is -4.98. The molecule has 0 N–H and O–H groups in total. The van der Waals surface area contributed by atoms with Crippen LogP contribution < -0.4 is 11.2 Å². The van der Waals surface area contributed by atoms with Gasteiger partial charge in [0.1, 0.15) is 31.1 Å². The van der Waals surface area contributed by atoms with Gasteiger partial charge in [-0.25, -0.2) is 4.79 Å². The first kappa shape index (κ1) is 27.0. The van der Waals surface area contributed by atoms with E-state index in [1.54, 1.807) is 0 Å². The molecule has 1 fully saturated rings. The first-order chi connectivity index (χ1) is 16.9. The predicted molar refractivity (Wildman–Crippen MR) is 116 cm³/mol. The van der Waals surface area contributed by atoms with Crippen molar-refractivity contribution in [2.45, 2.75) is 51.8 Å². The maximum atomic E-state index is 13.7. The van der Waals surface area contributed by atoms with Gasteiger partial charge in [0, 0.05) is 25.5 Å². The molecule has 0 amide bonds. The van der Waals surface area contributed by atoms with Crippen LogP contribution in [0.3, 0.4) is 0 Å². The highest BCUT2D eigenvalue weighted by atomic mass is 19.4. The Morgan fingerprint density at radius 1 is 1.28 bits per heavy atom. The van der Waals surface area contributed by atoms with Gasteiger partial charge in [-0.05, 0) is 12.1 Å². The number of halogens is 3. The Hall–Kier alpha value is -3.63. The Balaban J connectivity index is 2.02. The van der Waals surface area contributed by atoms with Crippen LogP contribution in [0, 0.1) is 17.8 Å². The molecule has 0 bridgehead atoms. The van der Waals surface area contributed by atoms with Gasteiger partial charge < -0.3 is 18.6 Å². The van der Waals surface area contributed by atoms with Crippen molar-refractivity contribution in [3.63, 3.8) is 0 Å². The molecule has 3 rings (SSSR count). The molecule has 194 valence electrons. The van der Waals surface area contributed by atoms with Crippen LogP contribution in [-0.4, -0.2) is 46.4 Å². The third-order valence-corrected chi connectivity index (χ3v) is 5.06. The molecule has 0 unspecified atom stereocenters. The van der Waals surface area contributed by atoms with Crippen molar-refractivity contribution in [3.05, 3.63) is 56.8 Å². The summed E-state index contributed by atoms with van der Waals surface area (Å²) < 4.78 is 62.5. The van der Waals surface area contributed by atoms with Gasteiger partial charge in [0.05, 0.1) is 12.4 Å². The van der Waals surface area contributed by atoms with Crippen molar-refractivity contribution in [1.82, 2.24) is 9.13 Å². The highest BCUT2D eigenvalue weighted by Gasteiger charge is 2.42. The van der Waals surface area contributed by atoms with Crippen molar-refractivity contribution in [2.24, 2.45) is 5.92 Å². The lowest BCUT2D eigenvalue weighted by molar-refractivity contribution is -0.148. The molecule has 0 aliphatic carbocycles. The molecule has 2 aromatic heterocycles. The fourth-order valence-electron chi connectivity index (χ4n) is 3.45. The van der Waals surface area contributed by atoms with Gasteiger partial charge in [-0.2, -0.15) is 17.7 Å². The van der Waals surface area contributed by atoms with Crippen LogP contribution in [0.5, 0.6) is 0 Å². The maximum Gasteiger partial charge on any atom is 0.423 e. The number of ether oxygens (including phenoxy) is 3. The van der Waals surface area contributed by atoms with E-state index in [9.17, 15) is 32.3 Å². The van der Waals surface area contributed by atoms with Crippen LogP contribution in [0.4, 0.5) is 13.2 Å². The smallest absolute Gasteiger partial charge is 0.423 e. The van der Waals surface area contributed by atoms with Gasteiger partial charge in [0.2, 0.25) is 0 Å². The molecule has 3 heterocycles. The average molecular weight is 512 g/mol. The Bertz CT molecular complexity index is 1280. The van der Waals surface area contributed by atoms with E-state index >= 15 is 0 Å². The number of furan rings is 1. The normalized spacial score (nSPS) is 19.7. The topological polar surface area (TPSA) is 119 Å². The van der Waals surface area contributed by atoms with Crippen molar-refractivity contribution in [1.29, 1.82) is 0 Å². The van der Waals surface area contributed by atoms with E-state index in [0.717, 1.165) is 19.3 Å². The highest BCUT2D eigenvalue weighted by Crippen LogP contribution is 2.32. The average Bonchev–Trinajstić information content (AvgIpc) is 3.44. The van der Waals surface area contributed by atoms with Crippen LogP contribution in [-0.2, 0) is 25.2 Å². The number of alkyl halides is 3. The summed E-state index contributed by atoms with van der Waals surface area (Å²) in [7, 11) is 0. The third-order valence-electron chi connectivity index (χ3n) is 5.06. The molecule has 36 heavy (non-hydrogen) atoms. The first-order valence-electron chi connectivity index (χ1n) is 10.8. The molecule has 0 aromatic carbocycles. The van der Waals surface area contributed by atoms with Gasteiger partial charge in [0.25, 0.3) is 5.56 Å². The van der Waals surface area contributed by atoms with E-state index in [2.05, 4.69) is 11.8 Å². The second kappa shape index (κ2) is 11.0. The van der Waals surface area contributed by atoms with E-state index in [-0.39, 0.29) is 30.1 Å². The summed E-state index contributed by atoms with van der Waals surface area (Å²) in [6.07, 6.45) is -7.13. The van der Waals surface area contributed by atoms with Crippen LogP contribution in [0.1, 0.15) is 49.5 Å². The number of esters is 1. The molecular formula is C23H23F3N2O8. The Kier molecular flexibility index (Phi) is 8.21. The molecule has 1 aliphatic rings. The molecule has 1 aliphatic heterocycles. The largest absolute Gasteiger partial charge is 0.463 e. The molecular weight excluding hydrogens is 489 g/mol. The van der Waals surface area contributed by atoms with E-state index in [1.807, 2.05) is 13.8 Å². The van der Waals surface area contributed by atoms with Gasteiger partial charge >= 0.3 is 23.7 Å². The molecule has 0 spiro atoms. The summed E-state index contributed by atoms with van der Waals surface area (Å²) in [6.45, 7) is 4.55. The fraction of sp³-hybridized carbons (Fsp3) is 0.478. The Labute approximate surface area is 202 Å². The molecule has 2 aromatic rings. The van der Waals surface area contributed by atoms with Crippen molar-refractivity contribution in [3.8, 4) is 11.8 Å². The zero-order valence-electron chi connectivity index (χ0n) is 19.5. The van der Waals surface area contributed by atoms with Gasteiger partial charge in [-0.3, -0.25) is 19.0 Å². The van der Waals surface area contributed by atoms with Crippen LogP contribution in [0.25, 0.3) is 0 Å². The zero-order chi connectivity index (χ0) is 26.6. The minimum atomic E-state index is -5.18. The summed E-state index contributed by atoms with van der Waals surface area (Å²) >= 11 is 0. The lowest BCUT2D eigenvalue weighted by Gasteiger charge is -2.19. The van der Waals surface area contributed by atoms with Crippen LogP contribution >= 0.6 is 0 Å². The highest BCUT2D eigenvalue weighted by molar-refractivity contribution is 5.93. The third kappa shape index (κ3) is 6.13. The molecule has 1 saturated heterocycles. The van der Waals surface area contributed by atoms with Crippen molar-refractivity contribution < 1.29 is 41.4 Å². The fourth-order valence-corrected chi connectivity index (χ4v) is 3.45. The van der Waals surface area contributed by atoms with Gasteiger partial charge in [-0.1, -0.05) is 25.7 Å². The lowest BCUT2D eigenvalue weighted by atomic mass is 10.2. The summed E-state index contributed by atoms with van der Waals surface area (Å²) in [4.78, 5) is 49.5. The molecule has 13 heteroatoms. The minimum absolute atomic E-state index is 0.0469. The Morgan fingerprint density at radius 3 is 2.58 bits per heavy atom. The molecule has 3 atom stereocenters. The second-order valence-corrected chi connectivity index (χ2v) is 8.15. The molecule has 0 radical (unpaired) electrons. The lowest BCUT2D eigenvalue weighted by Crippen LogP contribution is -2.47. The zero-order valence-corrected chi connectivity index (χ0v) is 19.5. The van der Waals surface area contributed by atoms with Gasteiger partial charge in [-0.15, -0.1) is 0 Å². The summed E-state index contributed by atoms with van der Waals surface area (Å²) in [6, 6.07) is 2.37. The number of hydrogen-bond donors (Lipinski definition) is 0. The standard InChI is InChI=1S/C23H23F3N2O8/c1-13(2)6-4-8-34-17-10-19(36-18(17)12-35-14(3)29)27-11-15(23(24,25)26)20(30)28(22(27)32)21(31)16-7-5-9-33-16/h5,7,9,11,13,17-19H,8,10,12H2,1-3H3/t17-,18+,19+/m0/s1. The predicted octanol–water partition coefficient (Wildman–Crippen LogP) is 2.21. The first-order valence-corrected chi connectivity index (χ1v) is 10.8. The minimum Gasteiger partial charge on any atom is -0.463 e. The maximum absolute atomic E-state index is 13.7. The summed E-state index contributed by atoms with van der Waals surface area (Å²) in [5.74, 6) is 3.23. The van der Waals surface area contributed by atoms with E-state index in [4.69, 9.17) is 18.6 Å². The number of rotatable bonds is 6. The molecule has 0 saturated carbocycles. The van der Waals surface area contributed by atoms with Crippen molar-refractivity contribution >= 4 is 11.9 Å². The number of aromatic nitrogens is 2. The van der Waals surface area contributed by atoms with E-state index in [1.165, 1.54) is 6.07 Å². The Morgan fingerprint density at radius 2 is 2.00 bits per heavy atom.